The molecule has 26 heavy (non-hydrogen) atoms. The van der Waals surface area contributed by atoms with Crippen molar-refractivity contribution < 1.29 is 9.15 Å². The molecule has 3 nitrogen and oxygen atoms in total. The molecule has 0 fully saturated rings. The topological polar surface area (TPSA) is 34.4 Å². The van der Waals surface area contributed by atoms with Crippen molar-refractivity contribution in [1.82, 2.24) is 5.32 Å². The van der Waals surface area contributed by atoms with Crippen molar-refractivity contribution in [3.63, 3.8) is 0 Å². The van der Waals surface area contributed by atoms with Gasteiger partial charge in [0.2, 0.25) is 0 Å². The van der Waals surface area contributed by atoms with Gasteiger partial charge in [0.25, 0.3) is 0 Å². The second kappa shape index (κ2) is 7.89. The summed E-state index contributed by atoms with van der Waals surface area (Å²) in [6.07, 6.45) is 1.70. The minimum atomic E-state index is 0.560. The van der Waals surface area contributed by atoms with E-state index in [0.717, 1.165) is 17.1 Å². The highest BCUT2D eigenvalue weighted by molar-refractivity contribution is 5.87. The molecule has 130 valence electrons. The Hall–Kier alpha value is -3.04. The molecule has 1 heterocycles. The molecule has 0 aliphatic heterocycles. The predicted molar refractivity (Wildman–Crippen MR) is 104 cm³/mol. The van der Waals surface area contributed by atoms with Crippen molar-refractivity contribution in [3.05, 3.63) is 102 Å². The molecule has 1 aromatic heterocycles. The van der Waals surface area contributed by atoms with E-state index < -0.39 is 0 Å². The first-order chi connectivity index (χ1) is 12.9. The molecule has 0 spiro atoms. The van der Waals surface area contributed by atoms with Crippen LogP contribution in [0.3, 0.4) is 0 Å². The number of fused-ring (bicyclic) bond motifs is 1. The maximum atomic E-state index is 6.16. The molecular weight excluding hydrogens is 322 g/mol. The summed E-state index contributed by atoms with van der Waals surface area (Å²) in [5.41, 5.74) is 2.33. The number of rotatable bonds is 7. The molecule has 1 N–H and O–H groups in total. The Balaban J connectivity index is 1.56. The summed E-state index contributed by atoms with van der Waals surface area (Å²) in [7, 11) is 0. The molecule has 0 unspecified atom stereocenters. The number of ether oxygens (including phenoxy) is 1. The molecule has 4 rings (SSSR count). The highest BCUT2D eigenvalue weighted by Crippen LogP contribution is 2.29. The van der Waals surface area contributed by atoms with E-state index in [0.29, 0.717) is 19.7 Å². The monoisotopic (exact) mass is 343 g/mol. The van der Waals surface area contributed by atoms with Crippen molar-refractivity contribution in [2.24, 2.45) is 0 Å². The molecule has 4 aromatic rings. The minimum Gasteiger partial charge on any atom is -0.489 e. The Morgan fingerprint density at radius 3 is 2.46 bits per heavy atom. The van der Waals surface area contributed by atoms with Crippen LogP contribution in [0, 0.1) is 0 Å². The minimum absolute atomic E-state index is 0.560. The molecule has 3 aromatic carbocycles. The Kier molecular flexibility index (Phi) is 4.99. The zero-order valence-corrected chi connectivity index (χ0v) is 14.5. The highest BCUT2D eigenvalue weighted by Gasteiger charge is 2.09. The van der Waals surface area contributed by atoms with Gasteiger partial charge in [-0.1, -0.05) is 60.7 Å². The third kappa shape index (κ3) is 3.79. The Morgan fingerprint density at radius 1 is 0.769 bits per heavy atom. The SMILES string of the molecule is c1ccc(COc2ccc3ccccc3c2CNCc2ccco2)cc1. The summed E-state index contributed by atoms with van der Waals surface area (Å²) < 4.78 is 11.6. The first-order valence-corrected chi connectivity index (χ1v) is 8.80. The zero-order chi connectivity index (χ0) is 17.6. The van der Waals surface area contributed by atoms with Gasteiger partial charge in [0.1, 0.15) is 18.1 Å². The van der Waals surface area contributed by atoms with Crippen molar-refractivity contribution >= 4 is 10.8 Å². The summed E-state index contributed by atoms with van der Waals surface area (Å²) in [4.78, 5) is 0. The van der Waals surface area contributed by atoms with E-state index in [1.165, 1.54) is 16.3 Å². The molecule has 0 saturated carbocycles. The van der Waals surface area contributed by atoms with Crippen LogP contribution in [0.4, 0.5) is 0 Å². The number of hydrogen-bond acceptors (Lipinski definition) is 3. The molecule has 0 atom stereocenters. The lowest BCUT2D eigenvalue weighted by Gasteiger charge is -2.15. The van der Waals surface area contributed by atoms with Gasteiger partial charge in [0, 0.05) is 12.1 Å². The van der Waals surface area contributed by atoms with Crippen LogP contribution >= 0.6 is 0 Å². The first-order valence-electron chi connectivity index (χ1n) is 8.80. The van der Waals surface area contributed by atoms with Gasteiger partial charge in [0.05, 0.1) is 12.8 Å². The summed E-state index contributed by atoms with van der Waals surface area (Å²) in [5, 5.41) is 5.89. The number of hydrogen-bond donors (Lipinski definition) is 1. The van der Waals surface area contributed by atoms with Gasteiger partial charge in [-0.15, -0.1) is 0 Å². The Morgan fingerprint density at radius 2 is 1.62 bits per heavy atom. The average molecular weight is 343 g/mol. The van der Waals surface area contributed by atoms with E-state index in [2.05, 4.69) is 53.8 Å². The van der Waals surface area contributed by atoms with E-state index >= 15 is 0 Å². The fraction of sp³-hybridized carbons (Fsp3) is 0.130. The highest BCUT2D eigenvalue weighted by atomic mass is 16.5. The van der Waals surface area contributed by atoms with Crippen LogP contribution in [0.25, 0.3) is 10.8 Å². The quantitative estimate of drug-likeness (QED) is 0.494. The van der Waals surface area contributed by atoms with E-state index in [4.69, 9.17) is 9.15 Å². The van der Waals surface area contributed by atoms with Crippen molar-refractivity contribution in [3.8, 4) is 5.75 Å². The predicted octanol–water partition coefficient (Wildman–Crippen LogP) is 5.30. The second-order valence-corrected chi connectivity index (χ2v) is 6.22. The van der Waals surface area contributed by atoms with E-state index in [1.54, 1.807) is 6.26 Å². The Bertz CT molecular complexity index is 962. The fourth-order valence-corrected chi connectivity index (χ4v) is 3.09. The van der Waals surface area contributed by atoms with Gasteiger partial charge in [-0.25, -0.2) is 0 Å². The lowest BCUT2D eigenvalue weighted by molar-refractivity contribution is 0.302. The smallest absolute Gasteiger partial charge is 0.124 e. The van der Waals surface area contributed by atoms with Crippen LogP contribution in [-0.4, -0.2) is 0 Å². The largest absolute Gasteiger partial charge is 0.489 e. The molecule has 0 saturated heterocycles. The lowest BCUT2D eigenvalue weighted by atomic mass is 10.0. The molecule has 0 aliphatic carbocycles. The zero-order valence-electron chi connectivity index (χ0n) is 14.5. The van der Waals surface area contributed by atoms with Gasteiger partial charge in [-0.2, -0.15) is 0 Å². The van der Waals surface area contributed by atoms with Gasteiger partial charge in [-0.3, -0.25) is 0 Å². The van der Waals surface area contributed by atoms with Gasteiger partial charge < -0.3 is 14.5 Å². The molecule has 0 bridgehead atoms. The molecule has 3 heteroatoms. The first kappa shape index (κ1) is 16.4. The van der Waals surface area contributed by atoms with Crippen LogP contribution in [0.15, 0.2) is 89.5 Å². The molecule has 0 aliphatic rings. The summed E-state index contributed by atoms with van der Waals surface area (Å²) in [6, 6.07) is 26.7. The fourth-order valence-electron chi connectivity index (χ4n) is 3.09. The third-order valence-electron chi connectivity index (χ3n) is 4.42. The van der Waals surface area contributed by atoms with Crippen LogP contribution in [0.1, 0.15) is 16.9 Å². The van der Waals surface area contributed by atoms with Gasteiger partial charge in [-0.05, 0) is 34.5 Å². The lowest BCUT2D eigenvalue weighted by Crippen LogP contribution is -2.13. The van der Waals surface area contributed by atoms with Gasteiger partial charge >= 0.3 is 0 Å². The molecular formula is C23H21NO2. The molecule has 0 amide bonds. The number of nitrogens with one attached hydrogen (secondary N) is 1. The standard InChI is InChI=1S/C23H21NO2/c1-2-7-18(8-3-1)17-26-23-13-12-19-9-4-5-11-21(19)22(23)16-24-15-20-10-6-14-25-20/h1-14,24H,15-17H2. The van der Waals surface area contributed by atoms with Crippen LogP contribution in [0.5, 0.6) is 5.75 Å². The van der Waals surface area contributed by atoms with Crippen molar-refractivity contribution in [2.45, 2.75) is 19.7 Å². The van der Waals surface area contributed by atoms with Crippen LogP contribution in [-0.2, 0) is 19.7 Å². The summed E-state index contributed by atoms with van der Waals surface area (Å²) in [6.45, 7) is 1.96. The third-order valence-corrected chi connectivity index (χ3v) is 4.42. The van der Waals surface area contributed by atoms with E-state index in [-0.39, 0.29) is 0 Å². The average Bonchev–Trinajstić information content (AvgIpc) is 3.21. The normalized spacial score (nSPS) is 10.9. The van der Waals surface area contributed by atoms with E-state index in [1.807, 2.05) is 30.3 Å². The Labute approximate surface area is 153 Å². The second-order valence-electron chi connectivity index (χ2n) is 6.22. The number of furan rings is 1. The maximum absolute atomic E-state index is 6.16. The van der Waals surface area contributed by atoms with Gasteiger partial charge in [0.15, 0.2) is 0 Å². The summed E-state index contributed by atoms with van der Waals surface area (Å²) >= 11 is 0. The van der Waals surface area contributed by atoms with Crippen molar-refractivity contribution in [1.29, 1.82) is 0 Å². The summed E-state index contributed by atoms with van der Waals surface area (Å²) in [5.74, 6) is 1.84. The van der Waals surface area contributed by atoms with Crippen LogP contribution in [0.2, 0.25) is 0 Å². The van der Waals surface area contributed by atoms with E-state index in [9.17, 15) is 0 Å². The maximum Gasteiger partial charge on any atom is 0.124 e. The molecule has 0 radical (unpaired) electrons. The van der Waals surface area contributed by atoms with Crippen molar-refractivity contribution in [2.75, 3.05) is 0 Å². The van der Waals surface area contributed by atoms with Crippen LogP contribution < -0.4 is 10.1 Å². The number of benzene rings is 3.